The first kappa shape index (κ1) is 14.1. The largest absolute Gasteiger partial charge is 0.0651 e. The van der Waals surface area contributed by atoms with Crippen LogP contribution in [-0.4, -0.2) is 0 Å². The Morgan fingerprint density at radius 2 is 1.19 bits per heavy atom. The van der Waals surface area contributed by atoms with E-state index in [1.807, 2.05) is 0 Å². The molecule has 0 nitrogen and oxygen atoms in total. The Kier molecular flexibility index (Phi) is 6.46. The van der Waals surface area contributed by atoms with E-state index in [0.29, 0.717) is 0 Å². The third-order valence-electron chi connectivity index (χ3n) is 4.87. The molecule has 1 aliphatic carbocycles. The lowest BCUT2D eigenvalue weighted by atomic mass is 9.71. The minimum absolute atomic E-state index is 0.947. The van der Waals surface area contributed by atoms with Crippen LogP contribution in [0.15, 0.2) is 0 Å². The second-order valence-electron chi connectivity index (χ2n) is 6.30. The molecule has 0 heteroatoms. The fourth-order valence-electron chi connectivity index (χ4n) is 3.27. The topological polar surface area (TPSA) is 0 Å². The van der Waals surface area contributed by atoms with Gasteiger partial charge in [0.05, 0.1) is 0 Å². The molecule has 0 spiro atoms. The molecule has 0 bridgehead atoms. The second-order valence-corrected chi connectivity index (χ2v) is 6.30. The summed E-state index contributed by atoms with van der Waals surface area (Å²) in [6.07, 6.45) is 11.8. The van der Waals surface area contributed by atoms with Gasteiger partial charge in [0.25, 0.3) is 0 Å². The van der Waals surface area contributed by atoms with Gasteiger partial charge in [-0.05, 0) is 36.5 Å². The van der Waals surface area contributed by atoms with Crippen molar-refractivity contribution in [1.82, 2.24) is 0 Å². The lowest BCUT2D eigenvalue weighted by Crippen LogP contribution is -2.23. The van der Waals surface area contributed by atoms with Crippen LogP contribution in [0.1, 0.15) is 79.1 Å². The lowest BCUT2D eigenvalue weighted by molar-refractivity contribution is 0.169. The van der Waals surface area contributed by atoms with Crippen molar-refractivity contribution in [2.24, 2.45) is 23.7 Å². The zero-order valence-electron chi connectivity index (χ0n) is 12.0. The van der Waals surface area contributed by atoms with Crippen LogP contribution in [0.4, 0.5) is 0 Å². The Labute approximate surface area is 103 Å². The molecule has 16 heavy (non-hydrogen) atoms. The van der Waals surface area contributed by atoms with Crippen molar-refractivity contribution in [1.29, 1.82) is 0 Å². The molecule has 0 saturated heterocycles. The Hall–Kier alpha value is 0. The Morgan fingerprint density at radius 3 is 1.50 bits per heavy atom. The van der Waals surface area contributed by atoms with E-state index < -0.39 is 0 Å². The van der Waals surface area contributed by atoms with E-state index in [-0.39, 0.29) is 0 Å². The van der Waals surface area contributed by atoms with Crippen LogP contribution in [0.25, 0.3) is 0 Å². The van der Waals surface area contributed by atoms with Crippen LogP contribution in [0.2, 0.25) is 0 Å². The molecule has 1 rings (SSSR count). The summed E-state index contributed by atoms with van der Waals surface area (Å²) in [5, 5.41) is 0. The van der Waals surface area contributed by atoms with E-state index in [2.05, 4.69) is 27.7 Å². The van der Waals surface area contributed by atoms with E-state index in [1.54, 1.807) is 0 Å². The predicted molar refractivity (Wildman–Crippen MR) is 73.6 cm³/mol. The highest BCUT2D eigenvalue weighted by molar-refractivity contribution is 4.78. The number of rotatable bonds is 6. The van der Waals surface area contributed by atoms with Gasteiger partial charge >= 0.3 is 0 Å². The van der Waals surface area contributed by atoms with Crippen molar-refractivity contribution < 1.29 is 0 Å². The Morgan fingerprint density at radius 1 is 0.812 bits per heavy atom. The molecule has 96 valence electrons. The number of hydrogen-bond acceptors (Lipinski definition) is 0. The van der Waals surface area contributed by atoms with Gasteiger partial charge < -0.3 is 0 Å². The van der Waals surface area contributed by atoms with Crippen LogP contribution in [0.3, 0.4) is 0 Å². The first-order valence-corrected chi connectivity index (χ1v) is 7.67. The Balaban J connectivity index is 2.43. The Bertz CT molecular complexity index is 153. The zero-order valence-corrected chi connectivity index (χ0v) is 12.0. The highest BCUT2D eigenvalue weighted by atomic mass is 14.3. The summed E-state index contributed by atoms with van der Waals surface area (Å²) in [6.45, 7) is 9.57. The highest BCUT2D eigenvalue weighted by Crippen LogP contribution is 2.38. The van der Waals surface area contributed by atoms with Crippen molar-refractivity contribution >= 4 is 0 Å². The minimum Gasteiger partial charge on any atom is -0.0651 e. The van der Waals surface area contributed by atoms with Gasteiger partial charge in [0.15, 0.2) is 0 Å². The van der Waals surface area contributed by atoms with Gasteiger partial charge in [0.2, 0.25) is 0 Å². The molecule has 0 aromatic rings. The summed E-state index contributed by atoms with van der Waals surface area (Å²) in [4.78, 5) is 0. The molecule has 0 N–H and O–H groups in total. The molecule has 0 aromatic carbocycles. The molecule has 0 amide bonds. The molecule has 4 unspecified atom stereocenters. The third-order valence-corrected chi connectivity index (χ3v) is 4.87. The van der Waals surface area contributed by atoms with Crippen molar-refractivity contribution in [3.8, 4) is 0 Å². The zero-order chi connectivity index (χ0) is 12.0. The molecule has 1 fully saturated rings. The molecule has 1 aliphatic rings. The van der Waals surface area contributed by atoms with E-state index in [1.165, 1.54) is 51.4 Å². The van der Waals surface area contributed by atoms with Gasteiger partial charge in [0.1, 0.15) is 0 Å². The normalized spacial score (nSPS) is 30.0. The van der Waals surface area contributed by atoms with Crippen molar-refractivity contribution in [3.63, 3.8) is 0 Å². The molecular weight excluding hydrogens is 192 g/mol. The van der Waals surface area contributed by atoms with Gasteiger partial charge in [-0.1, -0.05) is 66.2 Å². The molecule has 0 heterocycles. The minimum atomic E-state index is 0.947. The van der Waals surface area contributed by atoms with Gasteiger partial charge in [-0.2, -0.15) is 0 Å². The lowest BCUT2D eigenvalue weighted by Gasteiger charge is -2.34. The highest BCUT2D eigenvalue weighted by Gasteiger charge is 2.26. The van der Waals surface area contributed by atoms with Crippen LogP contribution >= 0.6 is 0 Å². The molecular formula is C16H32. The summed E-state index contributed by atoms with van der Waals surface area (Å²) in [5.74, 6) is 4.00. The summed E-state index contributed by atoms with van der Waals surface area (Å²) in [7, 11) is 0. The monoisotopic (exact) mass is 224 g/mol. The predicted octanol–water partition coefficient (Wildman–Crippen LogP) is 5.67. The van der Waals surface area contributed by atoms with Crippen LogP contribution < -0.4 is 0 Å². The van der Waals surface area contributed by atoms with E-state index >= 15 is 0 Å². The number of hydrogen-bond donors (Lipinski definition) is 0. The first-order valence-electron chi connectivity index (χ1n) is 7.67. The van der Waals surface area contributed by atoms with E-state index in [9.17, 15) is 0 Å². The fraction of sp³-hybridized carbons (Fsp3) is 1.00. The summed E-state index contributed by atoms with van der Waals surface area (Å²) in [5.41, 5.74) is 0. The van der Waals surface area contributed by atoms with Crippen molar-refractivity contribution in [2.75, 3.05) is 0 Å². The van der Waals surface area contributed by atoms with Crippen molar-refractivity contribution in [3.05, 3.63) is 0 Å². The second kappa shape index (κ2) is 7.35. The van der Waals surface area contributed by atoms with Gasteiger partial charge in [-0.15, -0.1) is 0 Å². The maximum Gasteiger partial charge on any atom is -0.0383 e. The molecule has 0 aliphatic heterocycles. The third kappa shape index (κ3) is 4.47. The van der Waals surface area contributed by atoms with E-state index in [0.717, 1.165) is 23.7 Å². The maximum atomic E-state index is 2.44. The SMILES string of the molecule is CCC(C)CC1CCCCC1CC(C)CC. The maximum absolute atomic E-state index is 2.44. The van der Waals surface area contributed by atoms with Crippen LogP contribution in [-0.2, 0) is 0 Å². The van der Waals surface area contributed by atoms with Gasteiger partial charge in [-0.25, -0.2) is 0 Å². The van der Waals surface area contributed by atoms with Gasteiger partial charge in [0, 0.05) is 0 Å². The molecule has 0 radical (unpaired) electrons. The molecule has 0 aromatic heterocycles. The standard InChI is InChI=1S/C16H32/c1-5-13(3)11-15-9-7-8-10-16(15)12-14(4)6-2/h13-16H,5-12H2,1-4H3. The first-order chi connectivity index (χ1) is 7.67. The summed E-state index contributed by atoms with van der Waals surface area (Å²) in [6, 6.07) is 0. The molecule has 4 atom stereocenters. The van der Waals surface area contributed by atoms with Crippen LogP contribution in [0, 0.1) is 23.7 Å². The molecule has 1 saturated carbocycles. The van der Waals surface area contributed by atoms with Crippen molar-refractivity contribution in [2.45, 2.75) is 79.1 Å². The fourth-order valence-corrected chi connectivity index (χ4v) is 3.27. The average molecular weight is 224 g/mol. The van der Waals surface area contributed by atoms with Crippen LogP contribution in [0.5, 0.6) is 0 Å². The summed E-state index contributed by atoms with van der Waals surface area (Å²) < 4.78 is 0. The van der Waals surface area contributed by atoms with Gasteiger partial charge in [-0.3, -0.25) is 0 Å². The smallest absolute Gasteiger partial charge is 0.0383 e. The summed E-state index contributed by atoms with van der Waals surface area (Å²) >= 11 is 0. The van der Waals surface area contributed by atoms with E-state index in [4.69, 9.17) is 0 Å². The average Bonchev–Trinajstić information content (AvgIpc) is 2.31. The quantitative estimate of drug-likeness (QED) is 0.545.